The fraction of sp³-hybridized carbons (Fsp3) is 0.429. The van der Waals surface area contributed by atoms with Gasteiger partial charge in [0.25, 0.3) is 11.7 Å². The van der Waals surface area contributed by atoms with Crippen LogP contribution in [0.25, 0.3) is 5.76 Å². The number of likely N-dealkylation sites (tertiary alicyclic amines) is 1. The number of aliphatic hydroxyl groups is 1. The van der Waals surface area contributed by atoms with Crippen LogP contribution in [0.3, 0.4) is 0 Å². The molecule has 6 heteroatoms. The number of amides is 1. The number of nitrogens with zero attached hydrogens (tertiary/aromatic N) is 2. The third-order valence-electron chi connectivity index (χ3n) is 6.30. The van der Waals surface area contributed by atoms with Crippen LogP contribution < -0.4 is 0 Å². The molecule has 0 spiro atoms. The second-order valence-corrected chi connectivity index (χ2v) is 9.25. The molecule has 1 fully saturated rings. The maximum absolute atomic E-state index is 13.1. The summed E-state index contributed by atoms with van der Waals surface area (Å²) in [7, 11) is 0. The Hall–Kier alpha value is -2.63. The number of ketones is 1. The fourth-order valence-electron chi connectivity index (χ4n) is 4.42. The van der Waals surface area contributed by atoms with Gasteiger partial charge in [-0.25, -0.2) is 0 Å². The van der Waals surface area contributed by atoms with Crippen LogP contribution in [0.5, 0.6) is 0 Å². The zero-order chi connectivity index (χ0) is 24.5. The molecule has 1 saturated heterocycles. The number of hydrogen-bond donors (Lipinski definition) is 1. The zero-order valence-corrected chi connectivity index (χ0v) is 20.9. The molecular formula is C28H35ClN2O3. The van der Waals surface area contributed by atoms with Gasteiger partial charge in [0.2, 0.25) is 0 Å². The van der Waals surface area contributed by atoms with Gasteiger partial charge in [0.1, 0.15) is 5.76 Å². The SMILES string of the molecule is CCCCN(CCCC)CCCN1C(=O)C(=O)C(=C(O)c2ccc(Cl)cc2)[C@@H]1c1ccccc1. The lowest BCUT2D eigenvalue weighted by molar-refractivity contribution is -0.140. The topological polar surface area (TPSA) is 60.9 Å². The lowest BCUT2D eigenvalue weighted by Crippen LogP contribution is -2.34. The van der Waals surface area contributed by atoms with E-state index >= 15 is 0 Å². The van der Waals surface area contributed by atoms with Crippen LogP contribution in [0.1, 0.15) is 63.1 Å². The van der Waals surface area contributed by atoms with E-state index in [1.807, 2.05) is 30.3 Å². The Morgan fingerprint density at radius 3 is 2.09 bits per heavy atom. The summed E-state index contributed by atoms with van der Waals surface area (Å²) in [6.45, 7) is 7.82. The molecule has 5 nitrogen and oxygen atoms in total. The monoisotopic (exact) mass is 482 g/mol. The summed E-state index contributed by atoms with van der Waals surface area (Å²) in [4.78, 5) is 30.3. The van der Waals surface area contributed by atoms with Crippen LogP contribution in [0.2, 0.25) is 5.02 Å². The summed E-state index contributed by atoms with van der Waals surface area (Å²) in [6.07, 6.45) is 5.37. The van der Waals surface area contributed by atoms with Gasteiger partial charge in [-0.1, -0.05) is 68.6 Å². The van der Waals surface area contributed by atoms with Crippen molar-refractivity contribution in [2.75, 3.05) is 26.2 Å². The molecule has 0 unspecified atom stereocenters. The maximum atomic E-state index is 13.1. The molecule has 1 atom stereocenters. The number of Topliss-reactive ketones (excluding diaryl/α,β-unsaturated/α-hetero) is 1. The van der Waals surface area contributed by atoms with Crippen LogP contribution in [-0.4, -0.2) is 52.8 Å². The van der Waals surface area contributed by atoms with Gasteiger partial charge in [-0.15, -0.1) is 0 Å². The van der Waals surface area contributed by atoms with Gasteiger partial charge in [0, 0.05) is 17.1 Å². The molecule has 1 aliphatic heterocycles. The molecule has 0 aliphatic carbocycles. The van der Waals surface area contributed by atoms with E-state index in [1.165, 1.54) is 0 Å². The highest BCUT2D eigenvalue weighted by atomic mass is 35.5. The fourth-order valence-corrected chi connectivity index (χ4v) is 4.55. The van der Waals surface area contributed by atoms with E-state index in [0.717, 1.165) is 57.3 Å². The summed E-state index contributed by atoms with van der Waals surface area (Å²) in [6, 6.07) is 15.5. The quantitative estimate of drug-likeness (QED) is 0.227. The number of hydrogen-bond acceptors (Lipinski definition) is 4. The summed E-state index contributed by atoms with van der Waals surface area (Å²) < 4.78 is 0. The highest BCUT2D eigenvalue weighted by molar-refractivity contribution is 6.46. The lowest BCUT2D eigenvalue weighted by Gasteiger charge is -2.27. The van der Waals surface area contributed by atoms with Gasteiger partial charge in [0.15, 0.2) is 0 Å². The molecule has 2 aromatic carbocycles. The Morgan fingerprint density at radius 2 is 1.50 bits per heavy atom. The molecule has 34 heavy (non-hydrogen) atoms. The highest BCUT2D eigenvalue weighted by Gasteiger charge is 2.45. The van der Waals surface area contributed by atoms with Crippen LogP contribution in [0.4, 0.5) is 0 Å². The Balaban J connectivity index is 1.87. The lowest BCUT2D eigenvalue weighted by atomic mass is 9.95. The minimum Gasteiger partial charge on any atom is -0.507 e. The first-order valence-corrected chi connectivity index (χ1v) is 12.7. The van der Waals surface area contributed by atoms with E-state index in [-0.39, 0.29) is 11.3 Å². The largest absolute Gasteiger partial charge is 0.507 e. The van der Waals surface area contributed by atoms with E-state index in [4.69, 9.17) is 11.6 Å². The third kappa shape index (κ3) is 6.28. The van der Waals surface area contributed by atoms with Crippen molar-refractivity contribution in [1.82, 2.24) is 9.80 Å². The van der Waals surface area contributed by atoms with Gasteiger partial charge >= 0.3 is 0 Å². The first-order valence-electron chi connectivity index (χ1n) is 12.3. The van der Waals surface area contributed by atoms with Crippen molar-refractivity contribution in [2.24, 2.45) is 0 Å². The highest BCUT2D eigenvalue weighted by Crippen LogP contribution is 2.39. The summed E-state index contributed by atoms with van der Waals surface area (Å²) >= 11 is 5.99. The molecule has 1 N–H and O–H groups in total. The molecule has 0 aromatic heterocycles. The summed E-state index contributed by atoms with van der Waals surface area (Å²) in [5.41, 5.74) is 1.41. The molecule has 0 bridgehead atoms. The average molecular weight is 483 g/mol. The van der Waals surface area contributed by atoms with Crippen LogP contribution in [0, 0.1) is 0 Å². The number of carbonyl (C=O) groups excluding carboxylic acids is 2. The second-order valence-electron chi connectivity index (χ2n) is 8.81. The van der Waals surface area contributed by atoms with Crippen molar-refractivity contribution in [2.45, 2.75) is 52.0 Å². The Labute approximate surface area is 208 Å². The molecule has 0 radical (unpaired) electrons. The molecule has 1 aliphatic rings. The van der Waals surface area contributed by atoms with Gasteiger partial charge in [0.05, 0.1) is 11.6 Å². The minimum absolute atomic E-state index is 0.132. The van der Waals surface area contributed by atoms with Gasteiger partial charge in [-0.2, -0.15) is 0 Å². The average Bonchev–Trinajstić information content (AvgIpc) is 3.11. The third-order valence-corrected chi connectivity index (χ3v) is 6.55. The van der Waals surface area contributed by atoms with Crippen molar-refractivity contribution in [3.63, 3.8) is 0 Å². The number of halogens is 1. The second kappa shape index (κ2) is 12.7. The Kier molecular flexibility index (Phi) is 9.73. The maximum Gasteiger partial charge on any atom is 0.295 e. The van der Waals surface area contributed by atoms with Crippen LogP contribution in [-0.2, 0) is 9.59 Å². The molecular weight excluding hydrogens is 448 g/mol. The molecule has 1 heterocycles. The van der Waals surface area contributed by atoms with Crippen LogP contribution in [0.15, 0.2) is 60.2 Å². The summed E-state index contributed by atoms with van der Waals surface area (Å²) in [5, 5.41) is 11.6. The number of rotatable bonds is 12. The van der Waals surface area contributed by atoms with E-state index in [0.29, 0.717) is 17.1 Å². The smallest absolute Gasteiger partial charge is 0.295 e. The molecule has 182 valence electrons. The molecule has 0 saturated carbocycles. The van der Waals surface area contributed by atoms with E-state index < -0.39 is 17.7 Å². The van der Waals surface area contributed by atoms with Crippen LogP contribution >= 0.6 is 11.6 Å². The van der Waals surface area contributed by atoms with Gasteiger partial charge in [-0.3, -0.25) is 9.59 Å². The number of benzene rings is 2. The predicted octanol–water partition coefficient (Wildman–Crippen LogP) is 6.05. The number of aliphatic hydroxyl groups excluding tert-OH is 1. The van der Waals surface area contributed by atoms with Crippen molar-refractivity contribution < 1.29 is 14.7 Å². The van der Waals surface area contributed by atoms with Crippen molar-refractivity contribution >= 4 is 29.1 Å². The predicted molar refractivity (Wildman–Crippen MR) is 138 cm³/mol. The van der Waals surface area contributed by atoms with E-state index in [2.05, 4.69) is 18.7 Å². The standard InChI is InChI=1S/C28H35ClN2O3/c1-3-5-17-30(18-6-4-2)19-10-20-31-25(21-11-8-7-9-12-21)24(27(33)28(31)34)26(32)22-13-15-23(29)16-14-22/h7-9,11-16,25,32H,3-6,10,17-20H2,1-2H3/t25-/m0/s1. The normalized spacial score (nSPS) is 17.6. The number of carbonyl (C=O) groups is 2. The number of unbranched alkanes of at least 4 members (excludes halogenated alkanes) is 2. The van der Waals surface area contributed by atoms with Gasteiger partial charge < -0.3 is 14.9 Å². The van der Waals surface area contributed by atoms with Crippen molar-refractivity contribution in [3.05, 3.63) is 76.3 Å². The Bertz CT molecular complexity index is 980. The summed E-state index contributed by atoms with van der Waals surface area (Å²) in [5.74, 6) is -1.37. The minimum atomic E-state index is -0.643. The molecule has 2 aromatic rings. The Morgan fingerprint density at radius 1 is 0.912 bits per heavy atom. The van der Waals surface area contributed by atoms with E-state index in [1.54, 1.807) is 29.2 Å². The first kappa shape index (κ1) is 26.0. The van der Waals surface area contributed by atoms with E-state index in [9.17, 15) is 14.7 Å². The molecule has 3 rings (SSSR count). The zero-order valence-electron chi connectivity index (χ0n) is 20.2. The van der Waals surface area contributed by atoms with Crippen molar-refractivity contribution in [3.8, 4) is 0 Å². The first-order chi connectivity index (χ1) is 16.5. The van der Waals surface area contributed by atoms with Crippen molar-refractivity contribution in [1.29, 1.82) is 0 Å². The molecule has 1 amide bonds. The van der Waals surface area contributed by atoms with Gasteiger partial charge in [-0.05, 0) is 68.7 Å².